The molecule has 1 amide bonds. The molecule has 0 bridgehead atoms. The molecule has 2 rings (SSSR count). The van der Waals surface area contributed by atoms with Crippen LogP contribution < -0.4 is 0 Å². The van der Waals surface area contributed by atoms with Crippen LogP contribution in [0, 0.1) is 10.1 Å². The number of ether oxygens (including phenoxy) is 1. The zero-order chi connectivity index (χ0) is 16.3. The quantitative estimate of drug-likeness (QED) is 0.618. The highest BCUT2D eigenvalue weighted by Crippen LogP contribution is 2.25. The highest BCUT2D eigenvalue weighted by Gasteiger charge is 2.24. The summed E-state index contributed by atoms with van der Waals surface area (Å²) in [6.45, 7) is 5.99. The van der Waals surface area contributed by atoms with Crippen LogP contribution in [0.25, 0.3) is 0 Å². The molecule has 2 heterocycles. The van der Waals surface area contributed by atoms with Crippen molar-refractivity contribution in [2.75, 3.05) is 6.54 Å². The van der Waals surface area contributed by atoms with Crippen LogP contribution in [0.15, 0.2) is 30.6 Å². The molecular formula is C15H19N3O4. The van der Waals surface area contributed by atoms with Crippen molar-refractivity contribution in [3.63, 3.8) is 0 Å². The molecule has 0 fully saturated rings. The summed E-state index contributed by atoms with van der Waals surface area (Å²) in [5, 5.41) is 10.6. The molecule has 1 atom stereocenters. The summed E-state index contributed by atoms with van der Waals surface area (Å²) >= 11 is 0. The Balaban J connectivity index is 2.02. The molecule has 0 N–H and O–H groups in total. The number of allylic oxidation sites excluding steroid dienone is 1. The Morgan fingerprint density at radius 2 is 2.18 bits per heavy atom. The summed E-state index contributed by atoms with van der Waals surface area (Å²) in [6, 6.07) is 3.09. The van der Waals surface area contributed by atoms with Crippen LogP contribution in [-0.2, 0) is 4.74 Å². The van der Waals surface area contributed by atoms with E-state index in [2.05, 4.69) is 4.98 Å². The van der Waals surface area contributed by atoms with Crippen LogP contribution >= 0.6 is 0 Å². The first-order valence-corrected chi connectivity index (χ1v) is 7.04. The number of hydrogen-bond acceptors (Lipinski definition) is 5. The van der Waals surface area contributed by atoms with E-state index in [0.29, 0.717) is 13.0 Å². The van der Waals surface area contributed by atoms with E-state index in [-0.39, 0.29) is 17.7 Å². The summed E-state index contributed by atoms with van der Waals surface area (Å²) in [6.07, 6.45) is 5.12. The number of hydrogen-bond donors (Lipinski definition) is 0. The fourth-order valence-corrected chi connectivity index (χ4v) is 2.10. The Morgan fingerprint density at radius 3 is 2.64 bits per heavy atom. The summed E-state index contributed by atoms with van der Waals surface area (Å²) < 4.78 is 5.31. The van der Waals surface area contributed by atoms with E-state index in [9.17, 15) is 14.9 Å². The van der Waals surface area contributed by atoms with Gasteiger partial charge in [0, 0.05) is 30.4 Å². The van der Waals surface area contributed by atoms with Crippen LogP contribution in [0.3, 0.4) is 0 Å². The molecule has 1 aliphatic heterocycles. The smallest absolute Gasteiger partial charge is 0.414 e. The van der Waals surface area contributed by atoms with Crippen molar-refractivity contribution in [1.29, 1.82) is 0 Å². The van der Waals surface area contributed by atoms with E-state index < -0.39 is 10.5 Å². The molecule has 1 unspecified atom stereocenters. The molecule has 7 heteroatoms. The van der Waals surface area contributed by atoms with Crippen molar-refractivity contribution in [2.24, 2.45) is 0 Å². The van der Waals surface area contributed by atoms with Gasteiger partial charge in [-0.1, -0.05) is 6.08 Å². The third-order valence-electron chi connectivity index (χ3n) is 3.17. The maximum atomic E-state index is 11.9. The van der Waals surface area contributed by atoms with Gasteiger partial charge in [-0.3, -0.25) is 20.0 Å². The molecule has 0 aliphatic carbocycles. The normalized spacial score (nSPS) is 18.1. The van der Waals surface area contributed by atoms with E-state index in [1.807, 2.05) is 26.8 Å². The molecule has 0 saturated carbocycles. The van der Waals surface area contributed by atoms with Gasteiger partial charge in [0.25, 0.3) is 5.69 Å². The average molecular weight is 305 g/mol. The lowest BCUT2D eigenvalue weighted by atomic mass is 9.98. The first-order valence-electron chi connectivity index (χ1n) is 7.04. The molecule has 0 spiro atoms. The van der Waals surface area contributed by atoms with E-state index >= 15 is 0 Å². The van der Waals surface area contributed by atoms with Gasteiger partial charge in [-0.25, -0.2) is 4.79 Å². The molecule has 0 aromatic carbocycles. The Kier molecular flexibility index (Phi) is 4.44. The molecule has 0 saturated heterocycles. The van der Waals surface area contributed by atoms with Gasteiger partial charge < -0.3 is 4.74 Å². The summed E-state index contributed by atoms with van der Waals surface area (Å²) in [5.41, 5.74) is 0.200. The molecule has 7 nitrogen and oxygen atoms in total. The van der Waals surface area contributed by atoms with E-state index in [1.54, 1.807) is 12.3 Å². The Labute approximate surface area is 128 Å². The van der Waals surface area contributed by atoms with Crippen LogP contribution in [0.1, 0.15) is 38.8 Å². The number of pyridine rings is 1. The van der Waals surface area contributed by atoms with Crippen molar-refractivity contribution in [3.8, 4) is 0 Å². The predicted molar refractivity (Wildman–Crippen MR) is 80.3 cm³/mol. The second-order valence-corrected chi connectivity index (χ2v) is 6.11. The number of nitrogens with zero attached hydrogens (tertiary/aromatic N) is 3. The number of nitro groups is 1. The van der Waals surface area contributed by atoms with Gasteiger partial charge in [-0.05, 0) is 33.3 Å². The van der Waals surface area contributed by atoms with Crippen molar-refractivity contribution < 1.29 is 14.5 Å². The third-order valence-corrected chi connectivity index (χ3v) is 3.17. The number of amides is 1. The standard InChI is InChI=1S/C15H19N3O4/c1-15(2,3)22-14(19)17-8-6-11(7-9-17)13-5-4-12(10-16-13)18(20)21/h4-6,8,10-11H,7,9H2,1-3H3. The lowest BCUT2D eigenvalue weighted by Crippen LogP contribution is -2.36. The Bertz CT molecular complexity index is 590. The number of carbonyl (C=O) groups excluding carboxylic acids is 1. The van der Waals surface area contributed by atoms with Crippen molar-refractivity contribution >= 4 is 11.8 Å². The van der Waals surface area contributed by atoms with Crippen molar-refractivity contribution in [3.05, 3.63) is 46.4 Å². The number of rotatable bonds is 2. The van der Waals surface area contributed by atoms with Gasteiger partial charge >= 0.3 is 6.09 Å². The van der Waals surface area contributed by atoms with Crippen LogP contribution in [0.4, 0.5) is 10.5 Å². The van der Waals surface area contributed by atoms with Gasteiger partial charge in [-0.15, -0.1) is 0 Å². The first kappa shape index (κ1) is 15.9. The fourth-order valence-electron chi connectivity index (χ4n) is 2.10. The molecule has 22 heavy (non-hydrogen) atoms. The lowest BCUT2D eigenvalue weighted by Gasteiger charge is -2.28. The van der Waals surface area contributed by atoms with Gasteiger partial charge in [0.05, 0.1) is 4.92 Å². The third kappa shape index (κ3) is 4.03. The van der Waals surface area contributed by atoms with Crippen LogP contribution in [-0.4, -0.2) is 33.0 Å². The Hall–Kier alpha value is -2.44. The zero-order valence-corrected chi connectivity index (χ0v) is 12.9. The first-order chi connectivity index (χ1) is 10.3. The number of aromatic nitrogens is 1. The second-order valence-electron chi connectivity index (χ2n) is 6.11. The lowest BCUT2D eigenvalue weighted by molar-refractivity contribution is -0.385. The summed E-state index contributed by atoms with van der Waals surface area (Å²) in [4.78, 5) is 27.7. The van der Waals surface area contributed by atoms with E-state index in [0.717, 1.165) is 5.69 Å². The second kappa shape index (κ2) is 6.13. The largest absolute Gasteiger partial charge is 0.443 e. The molecule has 0 radical (unpaired) electrons. The fraction of sp³-hybridized carbons (Fsp3) is 0.467. The highest BCUT2D eigenvalue weighted by molar-refractivity contribution is 5.69. The average Bonchev–Trinajstić information content (AvgIpc) is 2.46. The maximum Gasteiger partial charge on any atom is 0.414 e. The van der Waals surface area contributed by atoms with Gasteiger partial charge in [0.1, 0.15) is 11.8 Å². The Morgan fingerprint density at radius 1 is 1.45 bits per heavy atom. The van der Waals surface area contributed by atoms with Crippen LogP contribution in [0.2, 0.25) is 0 Å². The minimum Gasteiger partial charge on any atom is -0.443 e. The van der Waals surface area contributed by atoms with E-state index in [4.69, 9.17) is 4.74 Å². The monoisotopic (exact) mass is 305 g/mol. The van der Waals surface area contributed by atoms with Gasteiger partial charge in [0.15, 0.2) is 0 Å². The number of carbonyl (C=O) groups is 1. The predicted octanol–water partition coefficient (Wildman–Crippen LogP) is 3.23. The highest BCUT2D eigenvalue weighted by atomic mass is 16.6. The molecule has 1 aromatic heterocycles. The minimum absolute atomic E-state index is 0.0288. The van der Waals surface area contributed by atoms with E-state index in [1.165, 1.54) is 17.2 Å². The molecule has 1 aliphatic rings. The maximum absolute atomic E-state index is 11.9. The summed E-state index contributed by atoms with van der Waals surface area (Å²) in [5.74, 6) is 0.0412. The summed E-state index contributed by atoms with van der Waals surface area (Å²) in [7, 11) is 0. The SMILES string of the molecule is CC(C)(C)OC(=O)N1C=CC(c2ccc([N+](=O)[O-])cn2)CC1. The zero-order valence-electron chi connectivity index (χ0n) is 12.9. The topological polar surface area (TPSA) is 85.6 Å². The van der Waals surface area contributed by atoms with Gasteiger partial charge in [-0.2, -0.15) is 0 Å². The minimum atomic E-state index is -0.526. The van der Waals surface area contributed by atoms with Crippen molar-refractivity contribution in [1.82, 2.24) is 9.88 Å². The van der Waals surface area contributed by atoms with Crippen molar-refractivity contribution in [2.45, 2.75) is 38.7 Å². The molecular weight excluding hydrogens is 286 g/mol. The molecule has 118 valence electrons. The van der Waals surface area contributed by atoms with Gasteiger partial charge in [0.2, 0.25) is 0 Å². The van der Waals surface area contributed by atoms with Crippen LogP contribution in [0.5, 0.6) is 0 Å². The molecule has 1 aromatic rings.